The summed E-state index contributed by atoms with van der Waals surface area (Å²) in [6, 6.07) is 3.87. The number of guanidine groups is 1. The average Bonchev–Trinajstić information content (AvgIpc) is 2.33. The van der Waals surface area contributed by atoms with Crippen LogP contribution in [0.2, 0.25) is 0 Å². The molecule has 4 nitrogen and oxygen atoms in total. The molecule has 0 fully saturated rings. The third-order valence-electron chi connectivity index (χ3n) is 2.82. The van der Waals surface area contributed by atoms with Gasteiger partial charge in [-0.15, -0.1) is 24.0 Å². The molecular weight excluding hydrogens is 353 g/mol. The van der Waals surface area contributed by atoms with Crippen LogP contribution in [0, 0.1) is 13.8 Å². The van der Waals surface area contributed by atoms with Gasteiger partial charge in [0.15, 0.2) is 5.96 Å². The first-order chi connectivity index (χ1) is 8.54. The maximum Gasteiger partial charge on any atom is 0.188 e. The van der Waals surface area contributed by atoms with E-state index in [1.165, 1.54) is 0 Å². The van der Waals surface area contributed by atoms with Crippen molar-refractivity contribution in [3.05, 3.63) is 28.8 Å². The summed E-state index contributed by atoms with van der Waals surface area (Å²) >= 11 is 0. The summed E-state index contributed by atoms with van der Waals surface area (Å²) in [5, 5.41) is 12.8. The zero-order valence-corrected chi connectivity index (χ0v) is 14.2. The van der Waals surface area contributed by atoms with Crippen molar-refractivity contribution >= 4 is 29.9 Å². The fraction of sp³-hybridized carbons (Fsp3) is 0.500. The minimum absolute atomic E-state index is 0. The van der Waals surface area contributed by atoms with E-state index in [4.69, 9.17) is 5.73 Å². The number of halogens is 1. The monoisotopic (exact) mass is 377 g/mol. The van der Waals surface area contributed by atoms with Crippen LogP contribution in [0.15, 0.2) is 17.1 Å². The van der Waals surface area contributed by atoms with Crippen LogP contribution in [0.4, 0.5) is 0 Å². The molecular formula is C14H24IN3O. The number of rotatable bonds is 5. The Morgan fingerprint density at radius 3 is 2.42 bits per heavy atom. The number of benzene rings is 1. The summed E-state index contributed by atoms with van der Waals surface area (Å²) in [4.78, 5) is 4.28. The van der Waals surface area contributed by atoms with Crippen LogP contribution < -0.4 is 11.1 Å². The van der Waals surface area contributed by atoms with Gasteiger partial charge in [-0.2, -0.15) is 0 Å². The van der Waals surface area contributed by atoms with Gasteiger partial charge in [0.25, 0.3) is 0 Å². The van der Waals surface area contributed by atoms with E-state index in [-0.39, 0.29) is 24.0 Å². The van der Waals surface area contributed by atoms with Crippen molar-refractivity contribution in [2.75, 3.05) is 6.54 Å². The predicted octanol–water partition coefficient (Wildman–Crippen LogP) is 2.83. The minimum Gasteiger partial charge on any atom is -0.507 e. The molecule has 1 aromatic carbocycles. The Morgan fingerprint density at radius 1 is 1.32 bits per heavy atom. The smallest absolute Gasteiger partial charge is 0.188 e. The lowest BCUT2D eigenvalue weighted by Crippen LogP contribution is -2.32. The number of nitrogens with one attached hydrogen (secondary N) is 1. The van der Waals surface area contributed by atoms with Crippen molar-refractivity contribution in [2.45, 2.75) is 40.2 Å². The Morgan fingerprint density at radius 2 is 1.89 bits per heavy atom. The summed E-state index contributed by atoms with van der Waals surface area (Å²) in [7, 11) is 0. The topological polar surface area (TPSA) is 70.6 Å². The van der Waals surface area contributed by atoms with Gasteiger partial charge in [0, 0.05) is 6.54 Å². The molecule has 0 aliphatic rings. The highest BCUT2D eigenvalue weighted by Crippen LogP contribution is 2.23. The molecule has 0 radical (unpaired) electrons. The average molecular weight is 377 g/mol. The molecule has 0 atom stereocenters. The van der Waals surface area contributed by atoms with Crippen LogP contribution in [0.5, 0.6) is 5.75 Å². The van der Waals surface area contributed by atoms with Crippen LogP contribution in [0.3, 0.4) is 0 Å². The second-order valence-electron chi connectivity index (χ2n) is 4.56. The zero-order valence-electron chi connectivity index (χ0n) is 11.9. The molecule has 0 aliphatic heterocycles. The number of aryl methyl sites for hydroxylation is 2. The quantitative estimate of drug-likeness (QED) is 0.320. The Kier molecular flexibility index (Phi) is 8.54. The first-order valence-corrected chi connectivity index (χ1v) is 6.37. The maximum absolute atomic E-state index is 9.68. The van der Waals surface area contributed by atoms with E-state index in [0.29, 0.717) is 18.3 Å². The van der Waals surface area contributed by atoms with Crippen molar-refractivity contribution < 1.29 is 5.11 Å². The minimum atomic E-state index is 0. The number of nitrogens with zero attached hydrogens (tertiary/aromatic N) is 1. The fourth-order valence-electron chi connectivity index (χ4n) is 1.76. The summed E-state index contributed by atoms with van der Waals surface area (Å²) in [6.45, 7) is 7.31. The summed E-state index contributed by atoms with van der Waals surface area (Å²) in [5.41, 5.74) is 8.56. The molecule has 1 rings (SSSR count). The molecule has 108 valence electrons. The summed E-state index contributed by atoms with van der Waals surface area (Å²) in [6.07, 6.45) is 2.23. The predicted molar refractivity (Wildman–Crippen MR) is 91.2 cm³/mol. The third-order valence-corrected chi connectivity index (χ3v) is 2.82. The fourth-order valence-corrected chi connectivity index (χ4v) is 1.76. The third kappa shape index (κ3) is 6.13. The van der Waals surface area contributed by atoms with Gasteiger partial charge in [-0.3, -0.25) is 0 Å². The molecule has 0 bridgehead atoms. The molecule has 0 aliphatic carbocycles. The first kappa shape index (κ1) is 18.0. The number of unbranched alkanes of at least 4 members (excludes halogenated alkanes) is 1. The van der Waals surface area contributed by atoms with Crippen LogP contribution in [-0.4, -0.2) is 17.6 Å². The normalized spacial score (nSPS) is 11.0. The number of hydrogen-bond donors (Lipinski definition) is 3. The Balaban J connectivity index is 0.00000324. The van der Waals surface area contributed by atoms with Crippen LogP contribution in [0.1, 0.15) is 36.5 Å². The molecule has 0 spiro atoms. The van der Waals surface area contributed by atoms with Crippen molar-refractivity contribution in [2.24, 2.45) is 10.7 Å². The first-order valence-electron chi connectivity index (χ1n) is 6.37. The number of aromatic hydroxyl groups is 1. The molecule has 0 heterocycles. The Hall–Kier alpha value is -0.980. The largest absolute Gasteiger partial charge is 0.507 e. The van der Waals surface area contributed by atoms with E-state index in [2.05, 4.69) is 17.2 Å². The zero-order chi connectivity index (χ0) is 13.5. The molecule has 0 aromatic heterocycles. The van der Waals surface area contributed by atoms with Gasteiger partial charge >= 0.3 is 0 Å². The maximum atomic E-state index is 9.68. The van der Waals surface area contributed by atoms with Gasteiger partial charge in [-0.1, -0.05) is 25.5 Å². The highest BCUT2D eigenvalue weighted by Gasteiger charge is 2.02. The van der Waals surface area contributed by atoms with Gasteiger partial charge in [0.2, 0.25) is 0 Å². The Bertz CT molecular complexity index is 410. The lowest BCUT2D eigenvalue weighted by molar-refractivity contribution is 0.466. The van der Waals surface area contributed by atoms with Crippen molar-refractivity contribution in [3.63, 3.8) is 0 Å². The SMILES string of the molecule is CCCCNC(N)=NCc1cc(C)c(O)c(C)c1.I. The molecule has 4 N–H and O–H groups in total. The van der Waals surface area contributed by atoms with E-state index in [9.17, 15) is 5.11 Å². The molecule has 5 heteroatoms. The molecule has 0 saturated heterocycles. The number of phenols is 1. The van der Waals surface area contributed by atoms with Gasteiger partial charge in [-0.05, 0) is 37.0 Å². The highest BCUT2D eigenvalue weighted by atomic mass is 127. The van der Waals surface area contributed by atoms with Gasteiger partial charge in [0.05, 0.1) is 6.54 Å². The van der Waals surface area contributed by atoms with Crippen molar-refractivity contribution in [3.8, 4) is 5.75 Å². The van der Waals surface area contributed by atoms with E-state index in [0.717, 1.165) is 36.1 Å². The number of aliphatic imine (C=N–C) groups is 1. The van der Waals surface area contributed by atoms with Gasteiger partial charge < -0.3 is 16.2 Å². The number of nitrogens with two attached hydrogens (primary N) is 1. The van der Waals surface area contributed by atoms with Gasteiger partial charge in [0.1, 0.15) is 5.75 Å². The van der Waals surface area contributed by atoms with E-state index >= 15 is 0 Å². The van der Waals surface area contributed by atoms with E-state index in [1.807, 2.05) is 26.0 Å². The van der Waals surface area contributed by atoms with E-state index in [1.54, 1.807) is 0 Å². The summed E-state index contributed by atoms with van der Waals surface area (Å²) < 4.78 is 0. The van der Waals surface area contributed by atoms with Crippen LogP contribution >= 0.6 is 24.0 Å². The molecule has 0 amide bonds. The Labute approximate surface area is 132 Å². The highest BCUT2D eigenvalue weighted by molar-refractivity contribution is 14.0. The second-order valence-corrected chi connectivity index (χ2v) is 4.56. The van der Waals surface area contributed by atoms with Gasteiger partial charge in [-0.25, -0.2) is 4.99 Å². The lowest BCUT2D eigenvalue weighted by atomic mass is 10.1. The molecule has 19 heavy (non-hydrogen) atoms. The standard InChI is InChI=1S/C14H23N3O.HI/c1-4-5-6-16-14(15)17-9-12-7-10(2)13(18)11(3)8-12;/h7-8,18H,4-6,9H2,1-3H3,(H3,15,16,17);1H. The molecule has 1 aromatic rings. The number of hydrogen-bond acceptors (Lipinski definition) is 2. The van der Waals surface area contributed by atoms with Crippen LogP contribution in [0.25, 0.3) is 0 Å². The second kappa shape index (κ2) is 9.01. The number of phenolic OH excluding ortho intramolecular Hbond substituents is 1. The molecule has 0 unspecified atom stereocenters. The van der Waals surface area contributed by atoms with Crippen LogP contribution in [-0.2, 0) is 6.54 Å². The van der Waals surface area contributed by atoms with Crippen molar-refractivity contribution in [1.29, 1.82) is 0 Å². The van der Waals surface area contributed by atoms with Crippen molar-refractivity contribution in [1.82, 2.24) is 5.32 Å². The lowest BCUT2D eigenvalue weighted by Gasteiger charge is -2.07. The molecule has 0 saturated carbocycles. The summed E-state index contributed by atoms with van der Waals surface area (Å²) in [5.74, 6) is 0.837. The van der Waals surface area contributed by atoms with E-state index < -0.39 is 0 Å².